The topological polar surface area (TPSA) is 165 Å². The second-order valence-corrected chi connectivity index (χ2v) is 16.7. The molecule has 360 valence electrons. The number of nitrogens with zero attached hydrogens (tertiary/aromatic N) is 8. The van der Waals surface area contributed by atoms with Gasteiger partial charge in [0, 0.05) is 94.1 Å². The molecular weight excluding hydrogens is 944 g/mol. The molecule has 8 aromatic rings. The number of carbonyl (C=O) groups is 2. The summed E-state index contributed by atoms with van der Waals surface area (Å²) in [5, 5.41) is 12.7. The van der Waals surface area contributed by atoms with Gasteiger partial charge in [0.1, 0.15) is 34.8 Å². The first kappa shape index (κ1) is 46.4. The molecule has 16 nitrogen and oxygen atoms in total. The molecule has 2 aliphatic rings. The lowest BCUT2D eigenvalue weighted by Gasteiger charge is -2.35. The third kappa shape index (κ3) is 10.5. The highest BCUT2D eigenvalue weighted by Gasteiger charge is 2.32. The van der Waals surface area contributed by atoms with E-state index in [9.17, 15) is 14.0 Å². The zero-order valence-corrected chi connectivity index (χ0v) is 38.1. The number of hydrogen-bond acceptors (Lipinski definition) is 12. The Morgan fingerprint density at radius 3 is 1.55 bits per heavy atom. The molecule has 10 rings (SSSR count). The number of anilines is 6. The number of fused-ring (bicyclic) bond motifs is 2. The van der Waals surface area contributed by atoms with Crippen molar-refractivity contribution in [3.8, 4) is 23.0 Å². The number of piperazine rings is 2. The van der Waals surface area contributed by atoms with Gasteiger partial charge in [0.05, 0.1) is 50.9 Å². The Kier molecular flexibility index (Phi) is 13.3. The third-order valence-electron chi connectivity index (χ3n) is 11.5. The smallest absolute Gasteiger partial charge is 0.345 e. The van der Waals surface area contributed by atoms with Crippen molar-refractivity contribution < 1.29 is 36.6 Å². The number of carbonyl (C=O) groups excluding carboxylic acids is 2. The summed E-state index contributed by atoms with van der Waals surface area (Å²) in [5.74, 6) is -2.13. The molecule has 0 bridgehead atoms. The van der Waals surface area contributed by atoms with Crippen LogP contribution in [0.5, 0.6) is 23.0 Å². The van der Waals surface area contributed by atoms with Gasteiger partial charge in [-0.25, -0.2) is 37.1 Å². The molecule has 4 amide bonds. The maximum absolute atomic E-state index is 16.4. The molecule has 0 spiro atoms. The molecule has 71 heavy (non-hydrogen) atoms. The SMILES string of the molecule is O=C(Nc1ccc(Oc2ccc3ncc(N4CCNCC4)nc3c2)c(F)c1)N(c1ccc(Cl)c(F)c1)N(C(=O)Nc1cccc(F)c1)c1ccc(Oc2ccc3ncc(N4CCNCC4)nc3c2)c(F)c1. The average molecular weight is 985 g/mol. The Labute approximate surface area is 407 Å². The van der Waals surface area contributed by atoms with E-state index in [2.05, 4.69) is 41.0 Å². The van der Waals surface area contributed by atoms with Gasteiger partial charge in [0.25, 0.3) is 0 Å². The number of ether oxygens (including phenoxy) is 2. The largest absolute Gasteiger partial charge is 0.454 e. The monoisotopic (exact) mass is 984 g/mol. The van der Waals surface area contributed by atoms with Gasteiger partial charge < -0.3 is 40.5 Å². The molecule has 2 aromatic heterocycles. The molecule has 0 aliphatic carbocycles. The number of halogens is 5. The molecule has 0 atom stereocenters. The van der Waals surface area contributed by atoms with E-state index in [-0.39, 0.29) is 50.8 Å². The van der Waals surface area contributed by atoms with Gasteiger partial charge in [-0.1, -0.05) is 17.7 Å². The lowest BCUT2D eigenvalue weighted by Crippen LogP contribution is -2.54. The van der Waals surface area contributed by atoms with Gasteiger partial charge in [0.2, 0.25) is 0 Å². The van der Waals surface area contributed by atoms with Crippen LogP contribution >= 0.6 is 11.6 Å². The first-order chi connectivity index (χ1) is 34.5. The van der Waals surface area contributed by atoms with E-state index in [0.29, 0.717) is 43.7 Å². The maximum Gasteiger partial charge on any atom is 0.345 e. The number of urea groups is 2. The molecule has 21 heteroatoms. The Hall–Kier alpha value is -8.33. The van der Waals surface area contributed by atoms with E-state index < -0.39 is 35.3 Å². The summed E-state index contributed by atoms with van der Waals surface area (Å²) in [6.45, 7) is 6.26. The summed E-state index contributed by atoms with van der Waals surface area (Å²) < 4.78 is 73.8. The van der Waals surface area contributed by atoms with Crippen LogP contribution in [0.4, 0.5) is 61.5 Å². The Morgan fingerprint density at radius 1 is 0.549 bits per heavy atom. The second-order valence-electron chi connectivity index (χ2n) is 16.3. The van der Waals surface area contributed by atoms with E-state index in [1.807, 2.05) is 0 Å². The minimum absolute atomic E-state index is 0.0429. The van der Waals surface area contributed by atoms with Gasteiger partial charge in [-0.15, -0.1) is 0 Å². The fraction of sp³-hybridized carbons (Fsp3) is 0.160. The molecule has 6 aromatic carbocycles. The van der Waals surface area contributed by atoms with Crippen molar-refractivity contribution in [1.82, 2.24) is 30.6 Å². The van der Waals surface area contributed by atoms with E-state index in [4.69, 9.17) is 31.0 Å². The predicted octanol–water partition coefficient (Wildman–Crippen LogP) is 9.88. The molecule has 0 unspecified atom stereocenters. The lowest BCUT2D eigenvalue weighted by atomic mass is 10.2. The average Bonchev–Trinajstić information content (AvgIpc) is 3.38. The van der Waals surface area contributed by atoms with Crippen LogP contribution in [0, 0.1) is 23.3 Å². The molecule has 2 saturated heterocycles. The fourth-order valence-electron chi connectivity index (χ4n) is 7.99. The Morgan fingerprint density at radius 2 is 1.04 bits per heavy atom. The van der Waals surface area contributed by atoms with Crippen molar-refractivity contribution in [2.75, 3.05) is 82.8 Å². The second kappa shape index (κ2) is 20.3. The highest BCUT2D eigenvalue weighted by molar-refractivity contribution is 6.30. The van der Waals surface area contributed by atoms with Gasteiger partial charge in [-0.3, -0.25) is 9.97 Å². The highest BCUT2D eigenvalue weighted by atomic mass is 35.5. The molecule has 2 aliphatic heterocycles. The standard InChI is InChI=1S/C50H41ClF4N12O4/c51-37-9-5-33(24-38(37)53)66(50(69)61-32-4-12-45(39(54)23-32)70-35-7-10-41-43(26-35)62-47(28-58-41)64-18-14-56-15-19-64)67(49(68)60-31-3-1-2-30(52)22-31)34-6-13-46(40(55)25-34)71-36-8-11-42-44(27-36)63-48(29-59-42)65-20-16-57-17-21-65/h1-13,22-29,56-57H,14-21H2,(H,60,68)(H,61,69). The number of benzene rings is 6. The van der Waals surface area contributed by atoms with Crippen LogP contribution in [-0.2, 0) is 0 Å². The van der Waals surface area contributed by atoms with Crippen molar-refractivity contribution in [1.29, 1.82) is 0 Å². The minimum atomic E-state index is -1.15. The predicted molar refractivity (Wildman–Crippen MR) is 263 cm³/mol. The number of hydrazine groups is 1. The number of amides is 4. The van der Waals surface area contributed by atoms with Crippen LogP contribution in [0.15, 0.2) is 128 Å². The molecule has 0 radical (unpaired) electrons. The van der Waals surface area contributed by atoms with Gasteiger partial charge in [-0.05, 0) is 78.9 Å². The minimum Gasteiger partial charge on any atom is -0.454 e. The van der Waals surface area contributed by atoms with Crippen molar-refractivity contribution in [2.24, 2.45) is 0 Å². The lowest BCUT2D eigenvalue weighted by molar-refractivity contribution is 0.248. The zero-order chi connectivity index (χ0) is 49.0. The summed E-state index contributed by atoms with van der Waals surface area (Å²) in [7, 11) is 0. The van der Waals surface area contributed by atoms with E-state index >= 15 is 13.2 Å². The van der Waals surface area contributed by atoms with Crippen molar-refractivity contribution >= 4 is 80.1 Å². The van der Waals surface area contributed by atoms with Crippen molar-refractivity contribution in [3.63, 3.8) is 0 Å². The van der Waals surface area contributed by atoms with Gasteiger partial charge >= 0.3 is 12.1 Å². The summed E-state index contributed by atoms with van der Waals surface area (Å²) in [6, 6.07) is 22.7. The van der Waals surface area contributed by atoms with E-state index in [0.717, 1.165) is 88.8 Å². The molecule has 0 saturated carbocycles. The Bertz CT molecular complexity index is 3310. The maximum atomic E-state index is 16.4. The molecular formula is C50H41ClF4N12O4. The van der Waals surface area contributed by atoms with E-state index in [1.165, 1.54) is 42.5 Å². The van der Waals surface area contributed by atoms with Crippen LogP contribution in [0.1, 0.15) is 0 Å². The molecule has 4 heterocycles. The highest BCUT2D eigenvalue weighted by Crippen LogP contribution is 2.35. The summed E-state index contributed by atoms with van der Waals surface area (Å²) in [5.41, 5.74) is 1.52. The number of hydrogen-bond donors (Lipinski definition) is 4. The van der Waals surface area contributed by atoms with Gasteiger partial charge in [-0.2, -0.15) is 10.0 Å². The number of rotatable bonds is 10. The van der Waals surface area contributed by atoms with Gasteiger partial charge in [0.15, 0.2) is 23.1 Å². The first-order valence-corrected chi connectivity index (χ1v) is 22.7. The van der Waals surface area contributed by atoms with Crippen LogP contribution < -0.4 is 50.6 Å². The Balaban J connectivity index is 0.945. The molecule has 2 fully saturated rings. The summed E-state index contributed by atoms with van der Waals surface area (Å²) in [6.07, 6.45) is 3.40. The first-order valence-electron chi connectivity index (χ1n) is 22.3. The van der Waals surface area contributed by atoms with Crippen LogP contribution in [0.2, 0.25) is 5.02 Å². The summed E-state index contributed by atoms with van der Waals surface area (Å²) >= 11 is 6.05. The van der Waals surface area contributed by atoms with Crippen molar-refractivity contribution in [2.45, 2.75) is 0 Å². The quantitative estimate of drug-likeness (QED) is 0.0759. The zero-order valence-electron chi connectivity index (χ0n) is 37.4. The van der Waals surface area contributed by atoms with Crippen LogP contribution in [-0.4, -0.2) is 84.4 Å². The fourth-order valence-corrected chi connectivity index (χ4v) is 8.10. The van der Waals surface area contributed by atoms with Crippen LogP contribution in [0.25, 0.3) is 22.1 Å². The number of nitrogens with one attached hydrogen (secondary N) is 4. The summed E-state index contributed by atoms with van der Waals surface area (Å²) in [4.78, 5) is 51.8. The third-order valence-corrected chi connectivity index (χ3v) is 11.8. The normalized spacial score (nSPS) is 13.8. The van der Waals surface area contributed by atoms with Crippen LogP contribution in [0.3, 0.4) is 0 Å². The number of aromatic nitrogens is 4. The van der Waals surface area contributed by atoms with Crippen molar-refractivity contribution in [3.05, 3.63) is 156 Å². The van der Waals surface area contributed by atoms with E-state index in [1.54, 1.807) is 48.8 Å². The molecule has 4 N–H and O–H groups in total.